The maximum absolute atomic E-state index is 12.9. The van der Waals surface area contributed by atoms with Gasteiger partial charge in [0.15, 0.2) is 0 Å². The summed E-state index contributed by atoms with van der Waals surface area (Å²) in [6, 6.07) is 13.3. The smallest absolute Gasteiger partial charge is 0.268 e. The molecule has 0 saturated carbocycles. The van der Waals surface area contributed by atoms with E-state index in [4.69, 9.17) is 16.3 Å². The van der Waals surface area contributed by atoms with Crippen LogP contribution in [-0.4, -0.2) is 38.2 Å². The molecule has 2 amide bonds. The number of methoxy groups -OCH3 is 1. The molecule has 7 nitrogen and oxygen atoms in total. The van der Waals surface area contributed by atoms with E-state index in [0.717, 1.165) is 0 Å². The van der Waals surface area contributed by atoms with Gasteiger partial charge in [-0.3, -0.25) is 9.59 Å². The first kappa shape index (κ1) is 20.9. The van der Waals surface area contributed by atoms with E-state index < -0.39 is 28.4 Å². The minimum Gasteiger partial charge on any atom is -0.497 e. The van der Waals surface area contributed by atoms with Crippen LogP contribution in [0.15, 0.2) is 54.1 Å². The van der Waals surface area contributed by atoms with Crippen LogP contribution in [0.25, 0.3) is 4.91 Å². The quantitative estimate of drug-likeness (QED) is 0.754. The van der Waals surface area contributed by atoms with Crippen LogP contribution in [-0.2, 0) is 26.2 Å². The predicted molar refractivity (Wildman–Crippen MR) is 110 cm³/mol. The standard InChI is InChI=1S/C20H19ClN2O5S/c1-13-19(14-7-9-16(28-2)10-8-14)29(26,27)23(20(13)25)12-18(24)22-11-15-5-3-4-6-17(15)21/h3-10H,11-12H2,1-2H3,(H,22,24). The lowest BCUT2D eigenvalue weighted by Crippen LogP contribution is -2.40. The number of nitrogens with one attached hydrogen (secondary N) is 1. The lowest BCUT2D eigenvalue weighted by Gasteiger charge is -2.16. The topological polar surface area (TPSA) is 92.8 Å². The second-order valence-corrected chi connectivity index (χ2v) is 8.57. The first-order valence-electron chi connectivity index (χ1n) is 8.68. The second-order valence-electron chi connectivity index (χ2n) is 6.37. The normalized spacial score (nSPS) is 15.6. The highest BCUT2D eigenvalue weighted by atomic mass is 35.5. The zero-order valence-electron chi connectivity index (χ0n) is 15.8. The summed E-state index contributed by atoms with van der Waals surface area (Å²) in [6.07, 6.45) is 0. The van der Waals surface area contributed by atoms with E-state index >= 15 is 0 Å². The monoisotopic (exact) mass is 434 g/mol. The van der Waals surface area contributed by atoms with Gasteiger partial charge in [0.25, 0.3) is 15.9 Å². The molecule has 0 radical (unpaired) electrons. The molecule has 1 N–H and O–H groups in total. The molecule has 0 aliphatic carbocycles. The van der Waals surface area contributed by atoms with Gasteiger partial charge in [0.1, 0.15) is 17.2 Å². The Morgan fingerprint density at radius 3 is 2.41 bits per heavy atom. The highest BCUT2D eigenvalue weighted by molar-refractivity contribution is 7.99. The molecular weight excluding hydrogens is 416 g/mol. The summed E-state index contributed by atoms with van der Waals surface area (Å²) in [5.74, 6) is -0.765. The lowest BCUT2D eigenvalue weighted by atomic mass is 10.1. The van der Waals surface area contributed by atoms with Crippen molar-refractivity contribution in [2.24, 2.45) is 0 Å². The number of hydrogen-bond acceptors (Lipinski definition) is 5. The average Bonchev–Trinajstić information content (AvgIpc) is 2.87. The third-order valence-electron chi connectivity index (χ3n) is 4.51. The van der Waals surface area contributed by atoms with E-state index in [2.05, 4.69) is 5.32 Å². The van der Waals surface area contributed by atoms with Gasteiger partial charge in [0, 0.05) is 17.1 Å². The molecule has 0 saturated heterocycles. The van der Waals surface area contributed by atoms with E-state index in [1.165, 1.54) is 14.0 Å². The summed E-state index contributed by atoms with van der Waals surface area (Å²) in [6.45, 7) is 0.946. The van der Waals surface area contributed by atoms with Crippen molar-refractivity contribution in [3.8, 4) is 5.75 Å². The summed E-state index contributed by atoms with van der Waals surface area (Å²) >= 11 is 6.05. The molecule has 2 aromatic rings. The number of halogens is 1. The molecule has 0 fully saturated rings. The van der Waals surface area contributed by atoms with E-state index in [0.29, 0.717) is 26.2 Å². The minimum atomic E-state index is -4.15. The fraction of sp³-hybridized carbons (Fsp3) is 0.200. The summed E-state index contributed by atoms with van der Waals surface area (Å²) in [7, 11) is -2.65. The third-order valence-corrected chi connectivity index (χ3v) is 6.81. The Labute approximate surface area is 174 Å². The maximum atomic E-state index is 12.9. The zero-order valence-corrected chi connectivity index (χ0v) is 17.4. The number of carbonyl (C=O) groups excluding carboxylic acids is 2. The van der Waals surface area contributed by atoms with Gasteiger partial charge in [-0.2, -0.15) is 0 Å². The predicted octanol–water partition coefficient (Wildman–Crippen LogP) is 2.57. The van der Waals surface area contributed by atoms with Crippen molar-refractivity contribution >= 4 is 38.3 Å². The van der Waals surface area contributed by atoms with Crippen molar-refractivity contribution in [3.63, 3.8) is 0 Å². The Morgan fingerprint density at radius 2 is 1.79 bits per heavy atom. The highest BCUT2D eigenvalue weighted by Gasteiger charge is 2.43. The largest absolute Gasteiger partial charge is 0.497 e. The third kappa shape index (κ3) is 4.13. The van der Waals surface area contributed by atoms with Crippen molar-refractivity contribution < 1.29 is 22.7 Å². The van der Waals surface area contributed by atoms with Crippen LogP contribution in [0, 0.1) is 0 Å². The summed E-state index contributed by atoms with van der Waals surface area (Å²) in [4.78, 5) is 24.8. The zero-order chi connectivity index (χ0) is 21.2. The molecule has 0 spiro atoms. The number of benzene rings is 2. The summed E-state index contributed by atoms with van der Waals surface area (Å²) < 4.78 is 31.6. The molecule has 0 bridgehead atoms. The summed E-state index contributed by atoms with van der Waals surface area (Å²) in [5.41, 5.74) is 1.11. The fourth-order valence-corrected chi connectivity index (χ4v) is 4.96. The van der Waals surface area contributed by atoms with Gasteiger partial charge in [-0.15, -0.1) is 0 Å². The molecule has 0 atom stereocenters. The van der Waals surface area contributed by atoms with Gasteiger partial charge >= 0.3 is 0 Å². The van der Waals surface area contributed by atoms with Gasteiger partial charge in [0.05, 0.1) is 7.11 Å². The van der Waals surface area contributed by atoms with Crippen molar-refractivity contribution in [1.29, 1.82) is 0 Å². The molecule has 152 valence electrons. The van der Waals surface area contributed by atoms with Crippen LogP contribution >= 0.6 is 11.6 Å². The molecule has 0 aromatic heterocycles. The average molecular weight is 435 g/mol. The molecular formula is C20H19ClN2O5S. The van der Waals surface area contributed by atoms with Crippen LogP contribution in [0.4, 0.5) is 0 Å². The molecule has 0 unspecified atom stereocenters. The second kappa shape index (κ2) is 8.26. The Morgan fingerprint density at radius 1 is 1.14 bits per heavy atom. The van der Waals surface area contributed by atoms with Crippen molar-refractivity contribution in [1.82, 2.24) is 9.62 Å². The lowest BCUT2D eigenvalue weighted by molar-refractivity contribution is -0.128. The Balaban J connectivity index is 1.76. The van der Waals surface area contributed by atoms with Gasteiger partial charge < -0.3 is 10.1 Å². The summed E-state index contributed by atoms with van der Waals surface area (Å²) in [5, 5.41) is 3.08. The van der Waals surface area contributed by atoms with Crippen LogP contribution < -0.4 is 10.1 Å². The van der Waals surface area contributed by atoms with Crippen molar-refractivity contribution in [2.75, 3.05) is 13.7 Å². The number of ether oxygens (including phenoxy) is 1. The Bertz CT molecular complexity index is 1090. The van der Waals surface area contributed by atoms with Crippen LogP contribution in [0.2, 0.25) is 5.02 Å². The molecule has 1 aliphatic heterocycles. The molecule has 9 heteroatoms. The molecule has 1 heterocycles. The van der Waals surface area contributed by atoms with E-state index in [1.807, 2.05) is 0 Å². The number of nitrogens with zero attached hydrogens (tertiary/aromatic N) is 1. The van der Waals surface area contributed by atoms with Gasteiger partial charge in [-0.05, 0) is 48.4 Å². The number of hydrogen-bond donors (Lipinski definition) is 1. The van der Waals surface area contributed by atoms with Gasteiger partial charge in [-0.25, -0.2) is 12.7 Å². The van der Waals surface area contributed by atoms with Crippen molar-refractivity contribution in [3.05, 3.63) is 70.3 Å². The molecule has 2 aromatic carbocycles. The van der Waals surface area contributed by atoms with E-state index in [9.17, 15) is 18.0 Å². The fourth-order valence-electron chi connectivity index (χ4n) is 2.98. The SMILES string of the molecule is COc1ccc(C2=C(C)C(=O)N(CC(=O)NCc3ccccc3Cl)S2(=O)=O)cc1. The van der Waals surface area contributed by atoms with Crippen molar-refractivity contribution in [2.45, 2.75) is 13.5 Å². The maximum Gasteiger partial charge on any atom is 0.268 e. The van der Waals surface area contributed by atoms with E-state index in [1.54, 1.807) is 48.5 Å². The number of carbonyl (C=O) groups is 2. The molecule has 1 aliphatic rings. The molecule has 3 rings (SSSR count). The Kier molecular flexibility index (Phi) is 5.95. The minimum absolute atomic E-state index is 0.0640. The van der Waals surface area contributed by atoms with Crippen LogP contribution in [0.5, 0.6) is 5.75 Å². The number of rotatable bonds is 6. The number of sulfonamides is 1. The van der Waals surface area contributed by atoms with Gasteiger partial charge in [-0.1, -0.05) is 29.8 Å². The van der Waals surface area contributed by atoms with Gasteiger partial charge in [0.2, 0.25) is 5.91 Å². The van der Waals surface area contributed by atoms with Crippen LogP contribution in [0.1, 0.15) is 18.1 Å². The van der Waals surface area contributed by atoms with E-state index in [-0.39, 0.29) is 17.0 Å². The number of amides is 2. The molecule has 29 heavy (non-hydrogen) atoms. The first-order chi connectivity index (χ1) is 13.8. The van der Waals surface area contributed by atoms with Crippen LogP contribution in [0.3, 0.4) is 0 Å². The first-order valence-corrected chi connectivity index (χ1v) is 10.5. The Hall–Kier alpha value is -2.84. The highest BCUT2D eigenvalue weighted by Crippen LogP contribution is 2.35.